The van der Waals surface area contributed by atoms with Crippen molar-refractivity contribution in [3.05, 3.63) is 34.9 Å². The average molecular weight is 245 g/mol. The van der Waals surface area contributed by atoms with E-state index in [0.29, 0.717) is 5.92 Å². The molecular weight excluding hydrogens is 218 g/mol. The van der Waals surface area contributed by atoms with E-state index in [1.165, 1.54) is 48.8 Å². The fourth-order valence-electron chi connectivity index (χ4n) is 3.57. The van der Waals surface area contributed by atoms with Crippen molar-refractivity contribution in [1.29, 1.82) is 0 Å². The first-order valence-electron chi connectivity index (χ1n) is 7.46. The maximum atomic E-state index is 6.61. The lowest BCUT2D eigenvalue weighted by Gasteiger charge is -2.36. The second-order valence-electron chi connectivity index (χ2n) is 6.00. The van der Waals surface area contributed by atoms with Crippen molar-refractivity contribution in [2.24, 2.45) is 17.6 Å². The monoisotopic (exact) mass is 245 g/mol. The molecule has 1 aromatic carbocycles. The zero-order valence-corrected chi connectivity index (χ0v) is 12.1. The van der Waals surface area contributed by atoms with Crippen molar-refractivity contribution < 1.29 is 0 Å². The molecule has 1 aromatic rings. The molecule has 100 valence electrons. The van der Waals surface area contributed by atoms with Gasteiger partial charge in [-0.15, -0.1) is 0 Å². The predicted octanol–water partition coefficient (Wildman–Crippen LogP) is 4.52. The molecular formula is C17H27N. The molecule has 2 rings (SSSR count). The van der Waals surface area contributed by atoms with Gasteiger partial charge in [-0.25, -0.2) is 0 Å². The van der Waals surface area contributed by atoms with Crippen molar-refractivity contribution in [1.82, 2.24) is 0 Å². The van der Waals surface area contributed by atoms with Gasteiger partial charge in [-0.05, 0) is 43.2 Å². The maximum Gasteiger partial charge on any atom is 0.0328 e. The molecule has 2 N–H and O–H groups in total. The van der Waals surface area contributed by atoms with Gasteiger partial charge in [0, 0.05) is 6.04 Å². The molecule has 1 nitrogen and oxygen atoms in total. The molecule has 1 heteroatoms. The molecule has 0 saturated heterocycles. The quantitative estimate of drug-likeness (QED) is 0.832. The van der Waals surface area contributed by atoms with E-state index in [0.717, 1.165) is 5.92 Å². The van der Waals surface area contributed by atoms with Gasteiger partial charge in [0.05, 0.1) is 0 Å². The normalized spacial score (nSPS) is 26.0. The van der Waals surface area contributed by atoms with E-state index in [4.69, 9.17) is 5.73 Å². The Balaban J connectivity index is 2.23. The predicted molar refractivity (Wildman–Crippen MR) is 78.6 cm³/mol. The van der Waals surface area contributed by atoms with E-state index < -0.39 is 0 Å². The van der Waals surface area contributed by atoms with Crippen LogP contribution < -0.4 is 5.73 Å². The van der Waals surface area contributed by atoms with Crippen LogP contribution in [0.1, 0.15) is 61.8 Å². The first kappa shape index (κ1) is 13.6. The Morgan fingerprint density at radius 2 is 1.94 bits per heavy atom. The van der Waals surface area contributed by atoms with Gasteiger partial charge in [0.2, 0.25) is 0 Å². The summed E-state index contributed by atoms with van der Waals surface area (Å²) in [5.41, 5.74) is 10.7. The van der Waals surface area contributed by atoms with Gasteiger partial charge in [0.1, 0.15) is 0 Å². The fourth-order valence-corrected chi connectivity index (χ4v) is 3.57. The van der Waals surface area contributed by atoms with Gasteiger partial charge in [0.25, 0.3) is 0 Å². The van der Waals surface area contributed by atoms with Crippen LogP contribution in [-0.2, 0) is 0 Å². The summed E-state index contributed by atoms with van der Waals surface area (Å²) in [7, 11) is 0. The van der Waals surface area contributed by atoms with Crippen molar-refractivity contribution in [2.45, 2.75) is 58.9 Å². The summed E-state index contributed by atoms with van der Waals surface area (Å²) in [4.78, 5) is 0. The second kappa shape index (κ2) is 5.88. The summed E-state index contributed by atoms with van der Waals surface area (Å²) >= 11 is 0. The van der Waals surface area contributed by atoms with Crippen LogP contribution in [0.5, 0.6) is 0 Å². The molecule has 0 radical (unpaired) electrons. The molecule has 0 aliphatic heterocycles. The zero-order valence-electron chi connectivity index (χ0n) is 12.1. The summed E-state index contributed by atoms with van der Waals surface area (Å²) < 4.78 is 0. The summed E-state index contributed by atoms with van der Waals surface area (Å²) in [6, 6.07) is 6.93. The van der Waals surface area contributed by atoms with Gasteiger partial charge in [-0.1, -0.05) is 56.4 Å². The third kappa shape index (κ3) is 2.77. The molecule has 3 unspecified atom stereocenters. The lowest BCUT2D eigenvalue weighted by atomic mass is 9.72. The van der Waals surface area contributed by atoms with Crippen LogP contribution in [0.2, 0.25) is 0 Å². The third-order valence-corrected chi connectivity index (χ3v) is 4.75. The van der Waals surface area contributed by atoms with Gasteiger partial charge in [-0.3, -0.25) is 0 Å². The zero-order chi connectivity index (χ0) is 13.1. The van der Waals surface area contributed by atoms with Gasteiger partial charge in [-0.2, -0.15) is 0 Å². The molecule has 1 fully saturated rings. The van der Waals surface area contributed by atoms with E-state index in [2.05, 4.69) is 39.0 Å². The SMILES string of the molecule is CCC1CCCCC1C(N)c1cc(C)ccc1C. The van der Waals surface area contributed by atoms with Crippen LogP contribution in [0.15, 0.2) is 18.2 Å². The standard InChI is InChI=1S/C17H27N/c1-4-14-7-5-6-8-15(14)17(18)16-11-12(2)9-10-13(16)3/h9-11,14-15,17H,4-8,18H2,1-3H3. The molecule has 0 amide bonds. The highest BCUT2D eigenvalue weighted by Gasteiger charge is 2.30. The number of nitrogens with two attached hydrogens (primary N) is 1. The first-order valence-corrected chi connectivity index (χ1v) is 7.46. The molecule has 1 aliphatic carbocycles. The second-order valence-corrected chi connectivity index (χ2v) is 6.00. The topological polar surface area (TPSA) is 26.0 Å². The molecule has 0 aromatic heterocycles. The number of rotatable bonds is 3. The van der Waals surface area contributed by atoms with E-state index in [9.17, 15) is 0 Å². The highest BCUT2D eigenvalue weighted by Crippen LogP contribution is 2.39. The molecule has 18 heavy (non-hydrogen) atoms. The van der Waals surface area contributed by atoms with Crippen LogP contribution in [0, 0.1) is 25.7 Å². The van der Waals surface area contributed by atoms with Crippen molar-refractivity contribution >= 4 is 0 Å². The van der Waals surface area contributed by atoms with Crippen molar-refractivity contribution in [3.63, 3.8) is 0 Å². The van der Waals surface area contributed by atoms with Gasteiger partial charge < -0.3 is 5.73 Å². The van der Waals surface area contributed by atoms with Crippen molar-refractivity contribution in [2.75, 3.05) is 0 Å². The van der Waals surface area contributed by atoms with Crippen LogP contribution in [-0.4, -0.2) is 0 Å². The van der Waals surface area contributed by atoms with Gasteiger partial charge in [0.15, 0.2) is 0 Å². The maximum absolute atomic E-state index is 6.61. The minimum absolute atomic E-state index is 0.232. The number of benzene rings is 1. The summed E-state index contributed by atoms with van der Waals surface area (Å²) in [5.74, 6) is 1.51. The van der Waals surface area contributed by atoms with Crippen LogP contribution in [0.3, 0.4) is 0 Å². The van der Waals surface area contributed by atoms with Crippen molar-refractivity contribution in [3.8, 4) is 0 Å². The Hall–Kier alpha value is -0.820. The highest BCUT2D eigenvalue weighted by molar-refractivity contribution is 5.33. The number of aryl methyl sites for hydroxylation is 2. The molecule has 1 saturated carbocycles. The van der Waals surface area contributed by atoms with E-state index >= 15 is 0 Å². The van der Waals surface area contributed by atoms with E-state index in [1.54, 1.807) is 0 Å². The minimum atomic E-state index is 0.232. The largest absolute Gasteiger partial charge is 0.324 e. The molecule has 3 atom stereocenters. The van der Waals surface area contributed by atoms with Crippen LogP contribution in [0.25, 0.3) is 0 Å². The Morgan fingerprint density at radius 1 is 1.22 bits per heavy atom. The van der Waals surface area contributed by atoms with Crippen LogP contribution >= 0.6 is 0 Å². The lowest BCUT2D eigenvalue weighted by molar-refractivity contribution is 0.196. The third-order valence-electron chi connectivity index (χ3n) is 4.75. The van der Waals surface area contributed by atoms with E-state index in [-0.39, 0.29) is 6.04 Å². The fraction of sp³-hybridized carbons (Fsp3) is 0.647. The molecule has 0 spiro atoms. The minimum Gasteiger partial charge on any atom is -0.324 e. The Morgan fingerprint density at radius 3 is 2.67 bits per heavy atom. The molecule has 1 aliphatic rings. The summed E-state index contributed by atoms with van der Waals surface area (Å²) in [5, 5.41) is 0. The first-order chi connectivity index (χ1) is 8.63. The Labute approximate surface area is 112 Å². The van der Waals surface area contributed by atoms with Crippen LogP contribution in [0.4, 0.5) is 0 Å². The smallest absolute Gasteiger partial charge is 0.0328 e. The molecule has 0 heterocycles. The van der Waals surface area contributed by atoms with Gasteiger partial charge >= 0.3 is 0 Å². The Bertz CT molecular complexity index is 397. The lowest BCUT2D eigenvalue weighted by Crippen LogP contribution is -2.30. The number of hydrogen-bond donors (Lipinski definition) is 1. The average Bonchev–Trinajstić information content (AvgIpc) is 2.40. The highest BCUT2D eigenvalue weighted by atomic mass is 14.7. The Kier molecular flexibility index (Phi) is 4.45. The van der Waals surface area contributed by atoms with E-state index in [1.807, 2.05) is 0 Å². The summed E-state index contributed by atoms with van der Waals surface area (Å²) in [6.45, 7) is 6.67. The molecule has 0 bridgehead atoms. The summed E-state index contributed by atoms with van der Waals surface area (Å²) in [6.07, 6.45) is 6.73. The number of hydrogen-bond acceptors (Lipinski definition) is 1.